The smallest absolute Gasteiger partial charge is 0.271 e. The molecule has 1 aromatic rings. The van der Waals surface area contributed by atoms with Gasteiger partial charge in [-0.1, -0.05) is 23.8 Å². The molecular formula is C12H13N3O. The summed E-state index contributed by atoms with van der Waals surface area (Å²) in [6, 6.07) is 0.0690. The third-order valence-electron chi connectivity index (χ3n) is 2.52. The van der Waals surface area contributed by atoms with Gasteiger partial charge in [-0.05, 0) is 13.3 Å². The zero-order valence-electron chi connectivity index (χ0n) is 9.05. The zero-order valence-corrected chi connectivity index (χ0v) is 9.05. The predicted octanol–water partition coefficient (Wildman–Crippen LogP) is 1.48. The number of nitrogens with zero attached hydrogens (tertiary/aromatic N) is 2. The summed E-state index contributed by atoms with van der Waals surface area (Å²) in [6.07, 6.45) is 11.4. The van der Waals surface area contributed by atoms with Crippen LogP contribution in [-0.4, -0.2) is 21.9 Å². The highest BCUT2D eigenvalue weighted by Gasteiger charge is 2.16. The molecule has 0 saturated heterocycles. The highest BCUT2D eigenvalue weighted by molar-refractivity contribution is 5.92. The summed E-state index contributed by atoms with van der Waals surface area (Å²) in [6.45, 7) is 2.01. The molecule has 1 amide bonds. The number of amides is 1. The minimum absolute atomic E-state index is 0.0690. The van der Waals surface area contributed by atoms with Crippen LogP contribution in [0.4, 0.5) is 0 Å². The molecule has 0 radical (unpaired) electrons. The van der Waals surface area contributed by atoms with Crippen LogP contribution in [0.5, 0.6) is 0 Å². The van der Waals surface area contributed by atoms with Crippen molar-refractivity contribution in [3.05, 3.63) is 48.1 Å². The topological polar surface area (TPSA) is 54.9 Å². The molecule has 0 aliphatic heterocycles. The van der Waals surface area contributed by atoms with Gasteiger partial charge in [-0.15, -0.1) is 0 Å². The molecule has 1 unspecified atom stereocenters. The van der Waals surface area contributed by atoms with Crippen molar-refractivity contribution in [2.45, 2.75) is 19.4 Å². The molecule has 4 heteroatoms. The molecule has 4 nitrogen and oxygen atoms in total. The summed E-state index contributed by atoms with van der Waals surface area (Å²) in [4.78, 5) is 19.6. The van der Waals surface area contributed by atoms with E-state index in [1.54, 1.807) is 6.20 Å². The van der Waals surface area contributed by atoms with E-state index in [4.69, 9.17) is 0 Å². The van der Waals surface area contributed by atoms with Crippen LogP contribution in [0.2, 0.25) is 0 Å². The number of hydrogen-bond acceptors (Lipinski definition) is 3. The van der Waals surface area contributed by atoms with Gasteiger partial charge in [0, 0.05) is 12.4 Å². The molecule has 1 aliphatic carbocycles. The van der Waals surface area contributed by atoms with Crippen LogP contribution < -0.4 is 5.32 Å². The largest absolute Gasteiger partial charge is 0.344 e. The second-order valence-electron chi connectivity index (χ2n) is 3.69. The van der Waals surface area contributed by atoms with E-state index in [0.717, 1.165) is 12.0 Å². The summed E-state index contributed by atoms with van der Waals surface area (Å²) in [5.41, 5.74) is 1.50. The molecule has 82 valence electrons. The summed E-state index contributed by atoms with van der Waals surface area (Å²) < 4.78 is 0. The summed E-state index contributed by atoms with van der Waals surface area (Å²) >= 11 is 0. The Labute approximate surface area is 94.1 Å². The van der Waals surface area contributed by atoms with E-state index >= 15 is 0 Å². The van der Waals surface area contributed by atoms with E-state index in [2.05, 4.69) is 15.3 Å². The number of carbonyl (C=O) groups is 1. The van der Waals surface area contributed by atoms with E-state index in [9.17, 15) is 4.79 Å². The van der Waals surface area contributed by atoms with Gasteiger partial charge >= 0.3 is 0 Å². The van der Waals surface area contributed by atoms with Gasteiger partial charge in [-0.3, -0.25) is 9.78 Å². The summed E-state index contributed by atoms with van der Waals surface area (Å²) in [5, 5.41) is 2.92. The third kappa shape index (κ3) is 2.34. The van der Waals surface area contributed by atoms with Gasteiger partial charge in [0.05, 0.1) is 12.2 Å². The first-order chi connectivity index (χ1) is 7.77. The summed E-state index contributed by atoms with van der Waals surface area (Å²) in [5.74, 6) is -0.179. The Bertz CT molecular complexity index is 437. The first kappa shape index (κ1) is 10.5. The molecule has 0 fully saturated rings. The number of rotatable bonds is 2. The lowest BCUT2D eigenvalue weighted by molar-refractivity contribution is 0.0937. The van der Waals surface area contributed by atoms with Crippen LogP contribution in [0.1, 0.15) is 23.8 Å². The van der Waals surface area contributed by atoms with E-state index < -0.39 is 0 Å². The molecule has 1 atom stereocenters. The fourth-order valence-corrected chi connectivity index (χ4v) is 1.56. The monoisotopic (exact) mass is 215 g/mol. The number of aromatic nitrogens is 2. The molecule has 0 bridgehead atoms. The van der Waals surface area contributed by atoms with Crippen LogP contribution >= 0.6 is 0 Å². The van der Waals surface area contributed by atoms with Crippen LogP contribution in [0.15, 0.2) is 42.4 Å². The predicted molar refractivity (Wildman–Crippen MR) is 60.8 cm³/mol. The Hall–Kier alpha value is -1.97. The highest BCUT2D eigenvalue weighted by Crippen LogP contribution is 2.12. The van der Waals surface area contributed by atoms with Crippen molar-refractivity contribution in [2.75, 3.05) is 0 Å². The lowest BCUT2D eigenvalue weighted by Crippen LogP contribution is -2.36. The third-order valence-corrected chi connectivity index (χ3v) is 2.52. The molecule has 1 aliphatic rings. The Balaban J connectivity index is 2.04. The molecule has 0 spiro atoms. The van der Waals surface area contributed by atoms with E-state index in [1.807, 2.05) is 25.2 Å². The zero-order chi connectivity index (χ0) is 11.4. The molecule has 1 N–H and O–H groups in total. The van der Waals surface area contributed by atoms with Gasteiger partial charge in [0.1, 0.15) is 5.69 Å². The lowest BCUT2D eigenvalue weighted by Gasteiger charge is -2.19. The summed E-state index contributed by atoms with van der Waals surface area (Å²) in [7, 11) is 0. The average Bonchev–Trinajstić information content (AvgIpc) is 2.33. The fraction of sp³-hybridized carbons (Fsp3) is 0.250. The molecule has 0 aromatic carbocycles. The second-order valence-corrected chi connectivity index (χ2v) is 3.69. The van der Waals surface area contributed by atoms with Crippen molar-refractivity contribution in [1.82, 2.24) is 15.3 Å². The van der Waals surface area contributed by atoms with Gasteiger partial charge in [-0.25, -0.2) is 4.98 Å². The van der Waals surface area contributed by atoms with Crippen LogP contribution in [-0.2, 0) is 0 Å². The van der Waals surface area contributed by atoms with Crippen molar-refractivity contribution in [3.8, 4) is 0 Å². The van der Waals surface area contributed by atoms with Crippen LogP contribution in [0, 0.1) is 0 Å². The molecule has 2 rings (SSSR count). The SMILES string of the molecule is CC1=CC=CCC1NC(=O)c1cnccn1. The standard InChI is InChI=1S/C12H13N3O/c1-9-4-2-3-5-10(9)15-12(16)11-8-13-6-7-14-11/h2-4,6-8,10H,5H2,1H3,(H,15,16). The number of carbonyl (C=O) groups excluding carboxylic acids is 1. The number of hydrogen-bond donors (Lipinski definition) is 1. The van der Waals surface area contributed by atoms with Crippen LogP contribution in [0.25, 0.3) is 0 Å². The molecule has 0 saturated carbocycles. The highest BCUT2D eigenvalue weighted by atomic mass is 16.1. The molecule has 1 heterocycles. The quantitative estimate of drug-likeness (QED) is 0.813. The van der Waals surface area contributed by atoms with Gasteiger partial charge < -0.3 is 5.32 Å². The maximum Gasteiger partial charge on any atom is 0.271 e. The van der Waals surface area contributed by atoms with Crippen LogP contribution in [0.3, 0.4) is 0 Å². The van der Waals surface area contributed by atoms with Crippen molar-refractivity contribution in [3.63, 3.8) is 0 Å². The first-order valence-corrected chi connectivity index (χ1v) is 5.17. The van der Waals surface area contributed by atoms with Crippen molar-refractivity contribution in [2.24, 2.45) is 0 Å². The van der Waals surface area contributed by atoms with E-state index in [-0.39, 0.29) is 11.9 Å². The first-order valence-electron chi connectivity index (χ1n) is 5.17. The van der Waals surface area contributed by atoms with Crippen molar-refractivity contribution >= 4 is 5.91 Å². The van der Waals surface area contributed by atoms with E-state index in [0.29, 0.717) is 5.69 Å². The Morgan fingerprint density at radius 2 is 2.38 bits per heavy atom. The van der Waals surface area contributed by atoms with Gasteiger partial charge in [0.2, 0.25) is 0 Å². The Morgan fingerprint density at radius 1 is 1.50 bits per heavy atom. The van der Waals surface area contributed by atoms with E-state index in [1.165, 1.54) is 12.4 Å². The van der Waals surface area contributed by atoms with Gasteiger partial charge in [0.15, 0.2) is 0 Å². The lowest BCUT2D eigenvalue weighted by atomic mass is 10.0. The van der Waals surface area contributed by atoms with Crippen molar-refractivity contribution in [1.29, 1.82) is 0 Å². The Morgan fingerprint density at radius 3 is 3.06 bits per heavy atom. The molecular weight excluding hydrogens is 202 g/mol. The maximum absolute atomic E-state index is 11.8. The average molecular weight is 215 g/mol. The number of nitrogens with one attached hydrogen (secondary N) is 1. The fourth-order valence-electron chi connectivity index (χ4n) is 1.56. The molecule has 16 heavy (non-hydrogen) atoms. The molecule has 1 aromatic heterocycles. The minimum atomic E-state index is -0.179. The number of allylic oxidation sites excluding steroid dienone is 2. The van der Waals surface area contributed by atoms with Gasteiger partial charge in [-0.2, -0.15) is 0 Å². The second kappa shape index (κ2) is 4.70. The minimum Gasteiger partial charge on any atom is -0.344 e. The normalized spacial score (nSPS) is 19.1. The Kier molecular flexibility index (Phi) is 3.10. The van der Waals surface area contributed by atoms with Gasteiger partial charge in [0.25, 0.3) is 5.91 Å². The van der Waals surface area contributed by atoms with Crippen molar-refractivity contribution < 1.29 is 4.79 Å². The maximum atomic E-state index is 11.8.